The van der Waals surface area contributed by atoms with E-state index in [4.69, 9.17) is 9.47 Å². The van der Waals surface area contributed by atoms with Crippen molar-refractivity contribution < 1.29 is 9.47 Å². The number of aromatic nitrogens is 1. The van der Waals surface area contributed by atoms with E-state index in [1.165, 1.54) is 0 Å². The molecule has 2 rings (SSSR count). The van der Waals surface area contributed by atoms with Crippen LogP contribution in [0.4, 0.5) is 0 Å². The summed E-state index contributed by atoms with van der Waals surface area (Å²) in [5.74, 6) is 0.817. The number of aliphatic imine (C=N–C) groups is 1. The molecule has 0 saturated carbocycles. The van der Waals surface area contributed by atoms with Gasteiger partial charge in [0.2, 0.25) is 0 Å². The quantitative estimate of drug-likeness (QED) is 0.412. The molecule has 128 valence electrons. The zero-order valence-corrected chi connectivity index (χ0v) is 14.0. The molecule has 0 aromatic carbocycles. The lowest BCUT2D eigenvalue weighted by atomic mass is 10.2. The first-order valence-electron chi connectivity index (χ1n) is 8.50. The van der Waals surface area contributed by atoms with E-state index in [9.17, 15) is 0 Å². The zero-order valence-electron chi connectivity index (χ0n) is 14.0. The SMILES string of the molecule is CCNC(=NCc1ccccn1)NCCCOCC1CCCO1. The van der Waals surface area contributed by atoms with Gasteiger partial charge in [0.1, 0.15) is 0 Å². The van der Waals surface area contributed by atoms with Crippen LogP contribution >= 0.6 is 0 Å². The minimum atomic E-state index is 0.306. The molecule has 6 nitrogen and oxygen atoms in total. The molecule has 0 bridgehead atoms. The number of ether oxygens (including phenoxy) is 2. The Kier molecular flexibility index (Phi) is 8.43. The molecule has 0 spiro atoms. The summed E-state index contributed by atoms with van der Waals surface area (Å²) in [6.07, 6.45) is 5.33. The summed E-state index contributed by atoms with van der Waals surface area (Å²) in [7, 11) is 0. The van der Waals surface area contributed by atoms with E-state index < -0.39 is 0 Å². The summed E-state index contributed by atoms with van der Waals surface area (Å²) >= 11 is 0. The summed E-state index contributed by atoms with van der Waals surface area (Å²) in [5.41, 5.74) is 0.963. The van der Waals surface area contributed by atoms with Crippen LogP contribution in [0.5, 0.6) is 0 Å². The topological polar surface area (TPSA) is 67.8 Å². The Balaban J connectivity index is 1.59. The normalized spacial score (nSPS) is 18.1. The van der Waals surface area contributed by atoms with E-state index in [-0.39, 0.29) is 0 Å². The monoisotopic (exact) mass is 320 g/mol. The third kappa shape index (κ3) is 7.43. The molecule has 6 heteroatoms. The highest BCUT2D eigenvalue weighted by atomic mass is 16.5. The third-order valence-electron chi connectivity index (χ3n) is 3.56. The van der Waals surface area contributed by atoms with E-state index in [1.54, 1.807) is 6.20 Å². The average molecular weight is 320 g/mol. The highest BCUT2D eigenvalue weighted by molar-refractivity contribution is 5.79. The number of hydrogen-bond acceptors (Lipinski definition) is 4. The van der Waals surface area contributed by atoms with Gasteiger partial charge in [0.05, 0.1) is 24.9 Å². The molecular formula is C17H28N4O2. The molecule has 1 unspecified atom stereocenters. The predicted octanol–water partition coefficient (Wildman–Crippen LogP) is 1.72. The lowest BCUT2D eigenvalue weighted by molar-refractivity contribution is 0.0168. The lowest BCUT2D eigenvalue weighted by Gasteiger charge is -2.12. The number of pyridine rings is 1. The van der Waals surface area contributed by atoms with Crippen LogP contribution in [0, 0.1) is 0 Å². The first kappa shape index (κ1) is 17.7. The van der Waals surface area contributed by atoms with E-state index in [0.717, 1.165) is 57.2 Å². The van der Waals surface area contributed by atoms with Crippen molar-refractivity contribution in [2.45, 2.75) is 38.8 Å². The number of rotatable bonds is 9. The van der Waals surface area contributed by atoms with Gasteiger partial charge >= 0.3 is 0 Å². The molecule has 2 N–H and O–H groups in total. The molecule has 0 aliphatic carbocycles. The van der Waals surface area contributed by atoms with Gasteiger partial charge in [0.15, 0.2) is 5.96 Å². The van der Waals surface area contributed by atoms with E-state index in [0.29, 0.717) is 19.3 Å². The van der Waals surface area contributed by atoms with Crippen LogP contribution in [0.25, 0.3) is 0 Å². The molecule has 1 fully saturated rings. The van der Waals surface area contributed by atoms with Crippen LogP contribution in [0.15, 0.2) is 29.4 Å². The summed E-state index contributed by atoms with van der Waals surface area (Å²) < 4.78 is 11.2. The molecule has 1 aliphatic heterocycles. The summed E-state index contributed by atoms with van der Waals surface area (Å²) in [5, 5.41) is 6.56. The first-order valence-corrected chi connectivity index (χ1v) is 8.50. The van der Waals surface area contributed by atoms with Crippen molar-refractivity contribution in [1.29, 1.82) is 0 Å². The van der Waals surface area contributed by atoms with Crippen LogP contribution in [0.3, 0.4) is 0 Å². The minimum absolute atomic E-state index is 0.306. The van der Waals surface area contributed by atoms with Crippen LogP contribution in [-0.4, -0.2) is 50.0 Å². The second kappa shape index (κ2) is 11.0. The molecule has 1 aliphatic rings. The largest absolute Gasteiger partial charge is 0.379 e. The van der Waals surface area contributed by atoms with Crippen LogP contribution in [-0.2, 0) is 16.0 Å². The van der Waals surface area contributed by atoms with Crippen molar-refractivity contribution in [2.24, 2.45) is 4.99 Å². The van der Waals surface area contributed by atoms with Crippen molar-refractivity contribution in [1.82, 2.24) is 15.6 Å². The molecule has 2 heterocycles. The first-order chi connectivity index (χ1) is 11.4. The van der Waals surface area contributed by atoms with Gasteiger partial charge in [-0.1, -0.05) is 6.07 Å². The molecule has 23 heavy (non-hydrogen) atoms. The maximum absolute atomic E-state index is 5.65. The van der Waals surface area contributed by atoms with Crippen molar-refractivity contribution in [3.63, 3.8) is 0 Å². The standard InChI is InChI=1S/C17H28N4O2/c1-2-18-17(21-13-15-7-3-4-9-19-15)20-10-6-11-22-14-16-8-5-12-23-16/h3-4,7,9,16H,2,5-6,8,10-14H2,1H3,(H2,18,20,21). The molecular weight excluding hydrogens is 292 g/mol. The van der Waals surface area contributed by atoms with Gasteiger partial charge in [0, 0.05) is 32.5 Å². The number of hydrogen-bond donors (Lipinski definition) is 2. The Bertz CT molecular complexity index is 447. The van der Waals surface area contributed by atoms with Gasteiger partial charge in [-0.3, -0.25) is 4.98 Å². The predicted molar refractivity (Wildman–Crippen MR) is 91.5 cm³/mol. The second-order valence-electron chi connectivity index (χ2n) is 5.51. The van der Waals surface area contributed by atoms with E-state index in [1.807, 2.05) is 18.2 Å². The molecule has 0 radical (unpaired) electrons. The van der Waals surface area contributed by atoms with Gasteiger partial charge in [-0.05, 0) is 38.3 Å². The fourth-order valence-corrected chi connectivity index (χ4v) is 2.37. The van der Waals surface area contributed by atoms with Gasteiger partial charge < -0.3 is 20.1 Å². The summed E-state index contributed by atoms with van der Waals surface area (Å²) in [6, 6.07) is 5.86. The van der Waals surface area contributed by atoms with Crippen molar-refractivity contribution >= 4 is 5.96 Å². The summed E-state index contributed by atoms with van der Waals surface area (Å²) in [6.45, 7) is 6.65. The molecule has 1 saturated heterocycles. The van der Waals surface area contributed by atoms with Crippen LogP contribution in [0.1, 0.15) is 31.9 Å². The second-order valence-corrected chi connectivity index (χ2v) is 5.51. The van der Waals surface area contributed by atoms with Crippen molar-refractivity contribution in [3.8, 4) is 0 Å². The van der Waals surface area contributed by atoms with Gasteiger partial charge in [-0.2, -0.15) is 0 Å². The van der Waals surface area contributed by atoms with Gasteiger partial charge in [-0.25, -0.2) is 4.99 Å². The van der Waals surface area contributed by atoms with E-state index >= 15 is 0 Å². The van der Waals surface area contributed by atoms with Gasteiger partial charge in [-0.15, -0.1) is 0 Å². The molecule has 0 amide bonds. The Morgan fingerprint density at radius 3 is 3.13 bits per heavy atom. The number of guanidine groups is 1. The Labute approximate surface area is 138 Å². The summed E-state index contributed by atoms with van der Waals surface area (Å²) in [4.78, 5) is 8.81. The molecule has 1 aromatic rings. The molecule has 1 atom stereocenters. The maximum atomic E-state index is 5.65. The highest BCUT2D eigenvalue weighted by Crippen LogP contribution is 2.11. The van der Waals surface area contributed by atoms with Crippen LogP contribution < -0.4 is 10.6 Å². The lowest BCUT2D eigenvalue weighted by Crippen LogP contribution is -2.38. The van der Waals surface area contributed by atoms with Crippen molar-refractivity contribution in [2.75, 3.05) is 32.9 Å². The van der Waals surface area contributed by atoms with Crippen molar-refractivity contribution in [3.05, 3.63) is 30.1 Å². The van der Waals surface area contributed by atoms with E-state index in [2.05, 4.69) is 27.5 Å². The minimum Gasteiger partial charge on any atom is -0.379 e. The Hall–Kier alpha value is -1.66. The Morgan fingerprint density at radius 1 is 1.43 bits per heavy atom. The fraction of sp³-hybridized carbons (Fsp3) is 0.647. The fourth-order valence-electron chi connectivity index (χ4n) is 2.37. The Morgan fingerprint density at radius 2 is 2.39 bits per heavy atom. The maximum Gasteiger partial charge on any atom is 0.191 e. The smallest absolute Gasteiger partial charge is 0.191 e. The molecule has 1 aromatic heterocycles. The van der Waals surface area contributed by atoms with Gasteiger partial charge in [0.25, 0.3) is 0 Å². The highest BCUT2D eigenvalue weighted by Gasteiger charge is 2.14. The van der Waals surface area contributed by atoms with Crippen LogP contribution in [0.2, 0.25) is 0 Å². The zero-order chi connectivity index (χ0) is 16.2. The third-order valence-corrected chi connectivity index (χ3v) is 3.56. The average Bonchev–Trinajstić information content (AvgIpc) is 3.10. The number of nitrogens with one attached hydrogen (secondary N) is 2. The number of nitrogens with zero attached hydrogens (tertiary/aromatic N) is 2.